The Morgan fingerprint density at radius 1 is 1.12 bits per heavy atom. The van der Waals surface area contributed by atoms with Gasteiger partial charge in [-0.1, -0.05) is 29.5 Å². The molecule has 2 aromatic carbocycles. The molecule has 0 aliphatic heterocycles. The van der Waals surface area contributed by atoms with Crippen molar-refractivity contribution in [3.05, 3.63) is 60.4 Å². The first kappa shape index (κ1) is 16.6. The van der Waals surface area contributed by atoms with Crippen molar-refractivity contribution < 1.29 is 9.18 Å². The predicted molar refractivity (Wildman–Crippen MR) is 95.7 cm³/mol. The largest absolute Gasteiger partial charge is 0.300 e. The van der Waals surface area contributed by atoms with Crippen molar-refractivity contribution >= 4 is 34.1 Å². The molecule has 1 N–H and O–H groups in total. The van der Waals surface area contributed by atoms with Gasteiger partial charge in [0.15, 0.2) is 0 Å². The van der Waals surface area contributed by atoms with E-state index in [-0.39, 0.29) is 17.0 Å². The summed E-state index contributed by atoms with van der Waals surface area (Å²) >= 11 is 2.74. The molecule has 1 heterocycles. The highest BCUT2D eigenvalue weighted by Gasteiger charge is 2.17. The van der Waals surface area contributed by atoms with Crippen LogP contribution < -0.4 is 5.32 Å². The Morgan fingerprint density at radius 3 is 2.54 bits per heavy atom. The summed E-state index contributed by atoms with van der Waals surface area (Å²) in [5.41, 5.74) is 0.765. The summed E-state index contributed by atoms with van der Waals surface area (Å²) in [6, 6.07) is 15.7. The van der Waals surface area contributed by atoms with E-state index in [0.717, 1.165) is 10.5 Å². The van der Waals surface area contributed by atoms with Crippen molar-refractivity contribution in [3.63, 3.8) is 0 Å². The van der Waals surface area contributed by atoms with E-state index in [2.05, 4.69) is 15.5 Å². The Morgan fingerprint density at radius 2 is 1.83 bits per heavy atom. The molecule has 122 valence electrons. The van der Waals surface area contributed by atoms with Gasteiger partial charge in [-0.15, -0.1) is 22.0 Å². The van der Waals surface area contributed by atoms with Crippen LogP contribution in [0.15, 0.2) is 59.5 Å². The van der Waals surface area contributed by atoms with Crippen LogP contribution in [0.2, 0.25) is 0 Å². The average molecular weight is 359 g/mol. The van der Waals surface area contributed by atoms with Crippen molar-refractivity contribution in [1.29, 1.82) is 0 Å². The van der Waals surface area contributed by atoms with E-state index in [1.165, 1.54) is 35.2 Å². The van der Waals surface area contributed by atoms with Gasteiger partial charge in [0.05, 0.1) is 5.25 Å². The third-order valence-corrected chi connectivity index (χ3v) is 5.17. The maximum absolute atomic E-state index is 13.0. The molecule has 0 aliphatic rings. The van der Waals surface area contributed by atoms with Gasteiger partial charge >= 0.3 is 0 Å². The highest BCUT2D eigenvalue weighted by atomic mass is 32.2. The van der Waals surface area contributed by atoms with Crippen LogP contribution >= 0.6 is 23.1 Å². The lowest BCUT2D eigenvalue weighted by atomic mass is 10.2. The van der Waals surface area contributed by atoms with E-state index >= 15 is 0 Å². The van der Waals surface area contributed by atoms with Gasteiger partial charge in [0.2, 0.25) is 11.0 Å². The van der Waals surface area contributed by atoms with Crippen LogP contribution in [0, 0.1) is 5.82 Å². The van der Waals surface area contributed by atoms with Crippen molar-refractivity contribution in [2.45, 2.75) is 17.1 Å². The molecule has 1 atom stereocenters. The lowest BCUT2D eigenvalue weighted by molar-refractivity contribution is -0.115. The predicted octanol–water partition coefficient (Wildman–Crippen LogP) is 4.46. The molecule has 1 aromatic heterocycles. The Kier molecular flexibility index (Phi) is 5.22. The standard InChI is InChI=1S/C17H14FN3OS2/c1-11(23-14-5-3-2-4-6-14)15(22)19-17-21-20-16(24-17)12-7-9-13(18)10-8-12/h2-11H,1H3,(H,19,21,22)/t11-/m1/s1. The first-order valence-corrected chi connectivity index (χ1v) is 8.93. The van der Waals surface area contributed by atoms with E-state index in [4.69, 9.17) is 0 Å². The molecule has 0 unspecified atom stereocenters. The molecule has 0 spiro atoms. The van der Waals surface area contributed by atoms with Crippen LogP contribution in [0.1, 0.15) is 6.92 Å². The molecule has 0 aliphatic carbocycles. The van der Waals surface area contributed by atoms with E-state index in [9.17, 15) is 9.18 Å². The molecule has 1 amide bonds. The third-order valence-electron chi connectivity index (χ3n) is 3.17. The van der Waals surface area contributed by atoms with Crippen LogP contribution in [0.3, 0.4) is 0 Å². The average Bonchev–Trinajstić information content (AvgIpc) is 3.05. The monoisotopic (exact) mass is 359 g/mol. The Balaban J connectivity index is 1.63. The van der Waals surface area contributed by atoms with Crippen molar-refractivity contribution in [3.8, 4) is 10.6 Å². The summed E-state index contributed by atoms with van der Waals surface area (Å²) in [6.45, 7) is 1.84. The maximum Gasteiger partial charge on any atom is 0.239 e. The minimum absolute atomic E-state index is 0.134. The van der Waals surface area contributed by atoms with Crippen LogP contribution in [-0.4, -0.2) is 21.4 Å². The fraction of sp³-hybridized carbons (Fsp3) is 0.118. The number of anilines is 1. The number of aromatic nitrogens is 2. The number of carbonyl (C=O) groups excluding carboxylic acids is 1. The first-order chi connectivity index (χ1) is 11.6. The highest BCUT2D eigenvalue weighted by Crippen LogP contribution is 2.28. The highest BCUT2D eigenvalue weighted by molar-refractivity contribution is 8.00. The molecular formula is C17H14FN3OS2. The molecule has 0 radical (unpaired) electrons. The number of carbonyl (C=O) groups is 1. The van der Waals surface area contributed by atoms with Crippen LogP contribution in [0.5, 0.6) is 0 Å². The second-order valence-corrected chi connectivity index (χ2v) is 7.37. The zero-order chi connectivity index (χ0) is 16.9. The van der Waals surface area contributed by atoms with Gasteiger partial charge in [0.1, 0.15) is 10.8 Å². The molecule has 0 bridgehead atoms. The zero-order valence-corrected chi connectivity index (χ0v) is 14.4. The summed E-state index contributed by atoms with van der Waals surface area (Å²) < 4.78 is 13.0. The number of hydrogen-bond acceptors (Lipinski definition) is 5. The fourth-order valence-electron chi connectivity index (χ4n) is 1.95. The van der Waals surface area contributed by atoms with Crippen LogP contribution in [0.25, 0.3) is 10.6 Å². The molecule has 0 saturated carbocycles. The summed E-state index contributed by atoms with van der Waals surface area (Å²) in [5, 5.41) is 11.6. The number of nitrogens with one attached hydrogen (secondary N) is 1. The van der Waals surface area contributed by atoms with Gasteiger partial charge in [-0.05, 0) is 43.3 Å². The van der Waals surface area contributed by atoms with Gasteiger partial charge in [0.25, 0.3) is 0 Å². The van der Waals surface area contributed by atoms with Crippen molar-refractivity contribution in [2.24, 2.45) is 0 Å². The van der Waals surface area contributed by atoms with Crippen LogP contribution in [0.4, 0.5) is 9.52 Å². The smallest absolute Gasteiger partial charge is 0.239 e. The minimum Gasteiger partial charge on any atom is -0.300 e. The second-order valence-electron chi connectivity index (χ2n) is 4.98. The molecule has 0 saturated heterocycles. The number of benzene rings is 2. The summed E-state index contributed by atoms with van der Waals surface area (Å²) in [4.78, 5) is 13.3. The lowest BCUT2D eigenvalue weighted by Crippen LogP contribution is -2.22. The number of thioether (sulfide) groups is 1. The number of halogens is 1. The molecule has 3 aromatic rings. The molecule has 3 rings (SSSR count). The maximum atomic E-state index is 13.0. The number of hydrogen-bond donors (Lipinski definition) is 1. The summed E-state index contributed by atoms with van der Waals surface area (Å²) in [7, 11) is 0. The fourth-order valence-corrected chi connectivity index (χ4v) is 3.59. The van der Waals surface area contributed by atoms with Gasteiger partial charge in [-0.3, -0.25) is 10.1 Å². The number of nitrogens with zero attached hydrogens (tertiary/aromatic N) is 2. The summed E-state index contributed by atoms with van der Waals surface area (Å²) in [6.07, 6.45) is 0. The van der Waals surface area contributed by atoms with E-state index in [0.29, 0.717) is 10.1 Å². The van der Waals surface area contributed by atoms with Crippen molar-refractivity contribution in [2.75, 3.05) is 5.32 Å². The number of rotatable bonds is 5. The molecule has 7 heteroatoms. The summed E-state index contributed by atoms with van der Waals surface area (Å²) in [5.74, 6) is -0.436. The van der Waals surface area contributed by atoms with Gasteiger partial charge in [0, 0.05) is 10.5 Å². The van der Waals surface area contributed by atoms with E-state index in [1.807, 2.05) is 37.3 Å². The van der Waals surface area contributed by atoms with Gasteiger partial charge in [-0.2, -0.15) is 0 Å². The molecule has 4 nitrogen and oxygen atoms in total. The van der Waals surface area contributed by atoms with Gasteiger partial charge < -0.3 is 0 Å². The van der Waals surface area contributed by atoms with E-state index in [1.54, 1.807) is 12.1 Å². The Bertz CT molecular complexity index is 821. The normalized spacial score (nSPS) is 11.9. The Labute approximate surface area is 147 Å². The molecule has 0 fully saturated rings. The van der Waals surface area contributed by atoms with E-state index < -0.39 is 0 Å². The molecule has 24 heavy (non-hydrogen) atoms. The second kappa shape index (κ2) is 7.55. The lowest BCUT2D eigenvalue weighted by Gasteiger charge is -2.09. The van der Waals surface area contributed by atoms with Crippen LogP contribution in [-0.2, 0) is 4.79 Å². The van der Waals surface area contributed by atoms with Gasteiger partial charge in [-0.25, -0.2) is 4.39 Å². The first-order valence-electron chi connectivity index (χ1n) is 7.24. The third kappa shape index (κ3) is 4.18. The molecular weight excluding hydrogens is 345 g/mol. The Hall–Kier alpha value is -2.25. The quantitative estimate of drug-likeness (QED) is 0.683. The minimum atomic E-state index is -0.302. The SMILES string of the molecule is C[C@@H](Sc1ccccc1)C(=O)Nc1nnc(-c2ccc(F)cc2)s1. The topological polar surface area (TPSA) is 54.9 Å². The number of amides is 1. The van der Waals surface area contributed by atoms with Crippen molar-refractivity contribution in [1.82, 2.24) is 10.2 Å². The zero-order valence-electron chi connectivity index (χ0n) is 12.8.